The van der Waals surface area contributed by atoms with Crippen molar-refractivity contribution in [2.75, 3.05) is 0 Å². The van der Waals surface area contributed by atoms with E-state index in [-0.39, 0.29) is 50.2 Å². The van der Waals surface area contributed by atoms with Gasteiger partial charge in [-0.25, -0.2) is 9.59 Å². The van der Waals surface area contributed by atoms with E-state index < -0.39 is 11.9 Å². The molecule has 0 unspecified atom stereocenters. The molecule has 0 rings (SSSR count). The number of carboxylic acids is 2. The van der Waals surface area contributed by atoms with Gasteiger partial charge < -0.3 is 16.4 Å². The maximum absolute atomic E-state index is 9.10. The number of aliphatic carboxylic acids is 2. The van der Waals surface area contributed by atoms with Gasteiger partial charge in [-0.2, -0.15) is 0 Å². The molecular weight excluding hydrogens is 243 g/mol. The Morgan fingerprint density at radius 3 is 1.11 bits per heavy atom. The summed E-state index contributed by atoms with van der Waals surface area (Å²) in [6.45, 7) is 0. The van der Waals surface area contributed by atoms with Crippen molar-refractivity contribution in [1.82, 2.24) is 6.15 Å². The minimum atomic E-state index is -1.82. The van der Waals surface area contributed by atoms with Crippen LogP contribution in [0.2, 0.25) is 0 Å². The third-order valence-electron chi connectivity index (χ3n) is 0.183. The Morgan fingerprint density at radius 2 is 1.11 bits per heavy atom. The molecular formula is C2H5NNbO4Ti. The number of carbonyl (C=O) groups is 2. The molecule has 0 bridgehead atoms. The van der Waals surface area contributed by atoms with Crippen molar-refractivity contribution in [3.63, 3.8) is 0 Å². The second kappa shape index (κ2) is 11.2. The Morgan fingerprint density at radius 1 is 1.00 bits per heavy atom. The molecule has 0 aliphatic heterocycles. The topological polar surface area (TPSA) is 110 Å². The fraction of sp³-hybridized carbons (Fsp3) is 0. The maximum Gasteiger partial charge on any atom is 0.414 e. The third kappa shape index (κ3) is 17.8. The van der Waals surface area contributed by atoms with Crippen LogP contribution in [0.15, 0.2) is 0 Å². The molecule has 0 aliphatic carbocycles. The monoisotopic (exact) mass is 248 g/mol. The molecule has 51 valence electrons. The minimum absolute atomic E-state index is 0. The molecule has 0 aromatic carbocycles. The Kier molecular flexibility index (Phi) is 28.3. The van der Waals surface area contributed by atoms with Crippen LogP contribution in [0.5, 0.6) is 0 Å². The van der Waals surface area contributed by atoms with Crippen LogP contribution in [0.1, 0.15) is 0 Å². The fourth-order valence-corrected chi connectivity index (χ4v) is 0. The van der Waals surface area contributed by atoms with Crippen molar-refractivity contribution in [2.45, 2.75) is 0 Å². The first-order valence-electron chi connectivity index (χ1n) is 1.11. The molecule has 0 saturated carbocycles. The SMILES string of the molecule is N.O=C(O)C(=O)O.[Nb].[Ti]. The standard InChI is InChI=1S/C2H2O4.H3N.Nb.Ti/c3-1(4)2(5)6;;;/h(H,3,4)(H,5,6);1H3;;. The fourth-order valence-electron chi connectivity index (χ4n) is 0. The van der Waals surface area contributed by atoms with Gasteiger partial charge in [-0.1, -0.05) is 0 Å². The summed E-state index contributed by atoms with van der Waals surface area (Å²) in [6.07, 6.45) is 0. The van der Waals surface area contributed by atoms with Crippen LogP contribution in [-0.4, -0.2) is 22.2 Å². The molecule has 0 spiro atoms. The van der Waals surface area contributed by atoms with E-state index >= 15 is 0 Å². The van der Waals surface area contributed by atoms with Crippen LogP contribution in [0.25, 0.3) is 0 Å². The number of rotatable bonds is 0. The van der Waals surface area contributed by atoms with Crippen molar-refractivity contribution >= 4 is 11.9 Å². The van der Waals surface area contributed by atoms with Crippen molar-refractivity contribution in [3.8, 4) is 0 Å². The number of carboxylic acid groups (broad SMARTS) is 2. The van der Waals surface area contributed by atoms with Crippen molar-refractivity contribution < 1.29 is 63.9 Å². The average Bonchev–Trinajstić information content (AvgIpc) is 1.36. The van der Waals surface area contributed by atoms with E-state index in [2.05, 4.69) is 0 Å². The van der Waals surface area contributed by atoms with Gasteiger partial charge >= 0.3 is 11.9 Å². The average molecular weight is 248 g/mol. The van der Waals surface area contributed by atoms with Gasteiger partial charge in [0.2, 0.25) is 0 Å². The van der Waals surface area contributed by atoms with Crippen molar-refractivity contribution in [2.24, 2.45) is 0 Å². The Balaban J connectivity index is -0.0000000417. The summed E-state index contributed by atoms with van der Waals surface area (Å²) in [7, 11) is 0. The molecule has 5 N–H and O–H groups in total. The van der Waals surface area contributed by atoms with E-state index in [1.54, 1.807) is 0 Å². The number of hydrogen-bond donors (Lipinski definition) is 3. The Bertz CT molecular complexity index is 84.6. The molecule has 1 radical (unpaired) electrons. The zero-order valence-electron chi connectivity index (χ0n) is 4.37. The van der Waals surface area contributed by atoms with Crippen molar-refractivity contribution in [3.05, 3.63) is 0 Å². The van der Waals surface area contributed by atoms with Crippen LogP contribution in [0.4, 0.5) is 0 Å². The smallest absolute Gasteiger partial charge is 0.414 e. The van der Waals surface area contributed by atoms with Crippen LogP contribution in [0.3, 0.4) is 0 Å². The summed E-state index contributed by atoms with van der Waals surface area (Å²) in [5, 5.41) is 14.8. The zero-order chi connectivity index (χ0) is 5.15. The van der Waals surface area contributed by atoms with Gasteiger partial charge in [0, 0.05) is 44.1 Å². The molecule has 0 aromatic rings. The second-order valence-corrected chi connectivity index (χ2v) is 0.610. The third-order valence-corrected chi connectivity index (χ3v) is 0.183. The molecule has 0 heterocycles. The Labute approximate surface area is 81.8 Å². The van der Waals surface area contributed by atoms with Crippen LogP contribution >= 0.6 is 0 Å². The first-order chi connectivity index (χ1) is 2.64. The molecule has 9 heavy (non-hydrogen) atoms. The summed E-state index contributed by atoms with van der Waals surface area (Å²) >= 11 is 0. The molecule has 7 heteroatoms. The van der Waals surface area contributed by atoms with Crippen LogP contribution < -0.4 is 6.15 Å². The summed E-state index contributed by atoms with van der Waals surface area (Å²) in [5.41, 5.74) is 0. The van der Waals surface area contributed by atoms with Crippen LogP contribution in [-0.2, 0) is 53.7 Å². The summed E-state index contributed by atoms with van der Waals surface area (Å²) < 4.78 is 0. The van der Waals surface area contributed by atoms with Gasteiger partial charge in [-0.15, -0.1) is 0 Å². The van der Waals surface area contributed by atoms with Gasteiger partial charge in [0.15, 0.2) is 0 Å². The summed E-state index contributed by atoms with van der Waals surface area (Å²) in [6, 6.07) is 0. The normalized spacial score (nSPS) is 4.89. The van der Waals surface area contributed by atoms with Crippen molar-refractivity contribution in [1.29, 1.82) is 0 Å². The van der Waals surface area contributed by atoms with E-state index in [9.17, 15) is 0 Å². The minimum Gasteiger partial charge on any atom is -0.473 e. The first kappa shape index (κ1) is 22.8. The van der Waals surface area contributed by atoms with E-state index in [0.717, 1.165) is 0 Å². The molecule has 0 saturated heterocycles. The number of hydrogen-bond acceptors (Lipinski definition) is 3. The molecule has 0 aliphatic rings. The predicted octanol–water partition coefficient (Wildman–Crippen LogP) is -0.687. The van der Waals surface area contributed by atoms with Gasteiger partial charge in [0.1, 0.15) is 0 Å². The van der Waals surface area contributed by atoms with E-state index in [0.29, 0.717) is 0 Å². The molecule has 0 atom stereocenters. The Hall–Kier alpha value is 0.355. The van der Waals surface area contributed by atoms with Gasteiger partial charge in [-0.05, 0) is 0 Å². The van der Waals surface area contributed by atoms with E-state index in [1.807, 2.05) is 0 Å². The van der Waals surface area contributed by atoms with E-state index in [1.165, 1.54) is 0 Å². The van der Waals surface area contributed by atoms with Gasteiger partial charge in [0.25, 0.3) is 0 Å². The summed E-state index contributed by atoms with van der Waals surface area (Å²) in [4.78, 5) is 18.2. The van der Waals surface area contributed by atoms with Crippen LogP contribution in [0, 0.1) is 0 Å². The second-order valence-electron chi connectivity index (χ2n) is 0.610. The zero-order valence-corrected chi connectivity index (χ0v) is 8.13. The van der Waals surface area contributed by atoms with E-state index in [4.69, 9.17) is 19.8 Å². The maximum atomic E-state index is 9.10. The summed E-state index contributed by atoms with van der Waals surface area (Å²) in [5.74, 6) is -3.65. The molecule has 0 amide bonds. The van der Waals surface area contributed by atoms with Gasteiger partial charge in [0.05, 0.1) is 0 Å². The molecule has 5 nitrogen and oxygen atoms in total. The predicted molar refractivity (Wildman–Crippen MR) is 20.3 cm³/mol. The first-order valence-corrected chi connectivity index (χ1v) is 1.11. The van der Waals surface area contributed by atoms with Gasteiger partial charge in [-0.3, -0.25) is 0 Å². The quantitative estimate of drug-likeness (QED) is 0.388. The molecule has 0 aromatic heterocycles. The molecule has 0 fully saturated rings. The largest absolute Gasteiger partial charge is 0.473 e.